The van der Waals surface area contributed by atoms with Gasteiger partial charge in [-0.2, -0.15) is 4.98 Å². The first kappa shape index (κ1) is 19.3. The summed E-state index contributed by atoms with van der Waals surface area (Å²) in [5, 5.41) is 3.52. The van der Waals surface area contributed by atoms with Gasteiger partial charge in [-0.15, -0.1) is 0 Å². The van der Waals surface area contributed by atoms with Crippen LogP contribution in [-0.4, -0.2) is 40.3 Å². The van der Waals surface area contributed by atoms with E-state index in [4.69, 9.17) is 18.9 Å². The second-order valence-electron chi connectivity index (χ2n) is 8.53. The molecule has 1 saturated heterocycles. The van der Waals surface area contributed by atoms with Gasteiger partial charge in [0.15, 0.2) is 11.5 Å². The van der Waals surface area contributed by atoms with Crippen LogP contribution in [0.25, 0.3) is 22.2 Å². The van der Waals surface area contributed by atoms with Gasteiger partial charge >= 0.3 is 0 Å². The number of aryl methyl sites for hydroxylation is 1. The fraction of sp³-hybridized carbons (Fsp3) is 0.522. The summed E-state index contributed by atoms with van der Waals surface area (Å²) < 4.78 is 17.4. The Balaban J connectivity index is 1.45. The molecule has 1 aliphatic carbocycles. The molecule has 3 aromatic rings. The van der Waals surface area contributed by atoms with Crippen LogP contribution in [0.2, 0.25) is 0 Å². The molecule has 1 saturated carbocycles. The average molecular weight is 409 g/mol. The molecule has 7 heteroatoms. The number of anilines is 1. The molecule has 2 aliphatic rings. The zero-order chi connectivity index (χ0) is 20.5. The van der Waals surface area contributed by atoms with Crippen molar-refractivity contribution in [1.82, 2.24) is 15.0 Å². The maximum Gasteiger partial charge on any atom is 0.226 e. The minimum atomic E-state index is 0.0139. The van der Waals surface area contributed by atoms with Gasteiger partial charge in [0.25, 0.3) is 0 Å². The highest BCUT2D eigenvalue weighted by atomic mass is 16.5. The number of ether oxygens (including phenoxy) is 2. The van der Waals surface area contributed by atoms with Gasteiger partial charge in [0.1, 0.15) is 11.6 Å². The van der Waals surface area contributed by atoms with Crippen molar-refractivity contribution >= 4 is 17.0 Å². The van der Waals surface area contributed by atoms with Gasteiger partial charge in [-0.05, 0) is 49.3 Å². The number of benzene rings is 1. The highest BCUT2D eigenvalue weighted by Crippen LogP contribution is 2.33. The predicted octanol–water partition coefficient (Wildman–Crippen LogP) is 4.75. The molecule has 1 N–H and O–H groups in total. The third-order valence-electron chi connectivity index (χ3n) is 6.07. The Morgan fingerprint density at radius 1 is 1.10 bits per heavy atom. The van der Waals surface area contributed by atoms with E-state index in [2.05, 4.69) is 22.2 Å². The summed E-state index contributed by atoms with van der Waals surface area (Å²) in [6.07, 6.45) is 7.53. The van der Waals surface area contributed by atoms with Gasteiger partial charge in [-0.1, -0.05) is 13.0 Å². The van der Waals surface area contributed by atoms with Crippen LogP contribution in [0.15, 0.2) is 28.8 Å². The Kier molecular flexibility index (Phi) is 5.29. The summed E-state index contributed by atoms with van der Waals surface area (Å²) in [4.78, 5) is 13.8. The molecule has 1 aromatic carbocycles. The maximum atomic E-state index is 6.27. The molecule has 5 rings (SSSR count). The number of hydrogen-bond acceptors (Lipinski definition) is 7. The molecule has 1 aliphatic heterocycles. The minimum Gasteiger partial charge on any atom is -0.471 e. The molecule has 3 heterocycles. The zero-order valence-corrected chi connectivity index (χ0v) is 17.6. The number of nitrogens with zero attached hydrogens (tertiary/aromatic N) is 3. The van der Waals surface area contributed by atoms with E-state index in [1.165, 1.54) is 12.8 Å². The van der Waals surface area contributed by atoms with Crippen molar-refractivity contribution in [3.63, 3.8) is 0 Å². The van der Waals surface area contributed by atoms with Crippen LogP contribution >= 0.6 is 0 Å². The van der Waals surface area contributed by atoms with E-state index in [1.807, 2.05) is 31.3 Å². The molecule has 0 bridgehead atoms. The molecule has 1 atom stereocenters. The average Bonchev–Trinajstić information content (AvgIpc) is 3.38. The van der Waals surface area contributed by atoms with Crippen LogP contribution in [0, 0.1) is 12.8 Å². The maximum absolute atomic E-state index is 6.27. The van der Waals surface area contributed by atoms with Crippen molar-refractivity contribution in [2.24, 2.45) is 5.92 Å². The molecule has 0 amide bonds. The lowest BCUT2D eigenvalue weighted by atomic mass is 9.87. The molecule has 1 unspecified atom stereocenters. The van der Waals surface area contributed by atoms with Crippen LogP contribution in [-0.2, 0) is 4.74 Å². The molecule has 0 spiro atoms. The Labute approximate surface area is 176 Å². The lowest BCUT2D eigenvalue weighted by molar-refractivity contribution is 0.138. The van der Waals surface area contributed by atoms with Crippen molar-refractivity contribution in [3.05, 3.63) is 30.3 Å². The molecular weight excluding hydrogens is 380 g/mol. The van der Waals surface area contributed by atoms with Gasteiger partial charge in [0.2, 0.25) is 11.8 Å². The third kappa shape index (κ3) is 4.12. The molecule has 0 radical (unpaired) electrons. The molecular formula is C23H28N4O3. The Morgan fingerprint density at radius 3 is 2.77 bits per heavy atom. The zero-order valence-electron chi connectivity index (χ0n) is 17.6. The summed E-state index contributed by atoms with van der Waals surface area (Å²) in [5.74, 6) is 2.68. The summed E-state index contributed by atoms with van der Waals surface area (Å²) in [6, 6.07) is 6.35. The van der Waals surface area contributed by atoms with E-state index in [-0.39, 0.29) is 6.10 Å². The van der Waals surface area contributed by atoms with Crippen LogP contribution in [0.4, 0.5) is 5.95 Å². The fourth-order valence-corrected chi connectivity index (χ4v) is 4.28. The lowest BCUT2D eigenvalue weighted by Gasteiger charge is -2.27. The SMILES string of the molecule is Cc1nc2cc(-c3cnc(NC4CCC(C)CC4)nc3OC3CCOC3)ccc2o1. The van der Waals surface area contributed by atoms with E-state index in [1.54, 1.807) is 0 Å². The first-order chi connectivity index (χ1) is 14.6. The highest BCUT2D eigenvalue weighted by Gasteiger charge is 2.23. The Bertz CT molecular complexity index is 1020. The highest BCUT2D eigenvalue weighted by molar-refractivity contribution is 5.81. The largest absolute Gasteiger partial charge is 0.471 e. The molecule has 158 valence electrons. The molecule has 2 aromatic heterocycles. The van der Waals surface area contributed by atoms with Crippen molar-refractivity contribution in [1.29, 1.82) is 0 Å². The van der Waals surface area contributed by atoms with E-state index in [0.29, 0.717) is 30.4 Å². The van der Waals surface area contributed by atoms with E-state index in [0.717, 1.165) is 54.0 Å². The first-order valence-electron chi connectivity index (χ1n) is 10.9. The predicted molar refractivity (Wildman–Crippen MR) is 115 cm³/mol. The summed E-state index contributed by atoms with van der Waals surface area (Å²) in [6.45, 7) is 5.49. The van der Waals surface area contributed by atoms with Crippen molar-refractivity contribution in [2.75, 3.05) is 18.5 Å². The van der Waals surface area contributed by atoms with Crippen LogP contribution in [0.1, 0.15) is 44.9 Å². The van der Waals surface area contributed by atoms with Gasteiger partial charge < -0.3 is 19.2 Å². The molecule has 2 fully saturated rings. The number of aromatic nitrogens is 3. The summed E-state index contributed by atoms with van der Waals surface area (Å²) in [5.41, 5.74) is 3.40. The summed E-state index contributed by atoms with van der Waals surface area (Å²) >= 11 is 0. The minimum absolute atomic E-state index is 0.0139. The van der Waals surface area contributed by atoms with Gasteiger partial charge in [0.05, 0.1) is 18.8 Å². The third-order valence-corrected chi connectivity index (χ3v) is 6.07. The normalized spacial score (nSPS) is 24.3. The van der Waals surface area contributed by atoms with Crippen molar-refractivity contribution in [3.8, 4) is 17.0 Å². The van der Waals surface area contributed by atoms with E-state index in [9.17, 15) is 0 Å². The monoisotopic (exact) mass is 408 g/mol. The van der Waals surface area contributed by atoms with E-state index < -0.39 is 0 Å². The van der Waals surface area contributed by atoms with Crippen molar-refractivity contribution < 1.29 is 13.9 Å². The van der Waals surface area contributed by atoms with E-state index >= 15 is 0 Å². The van der Waals surface area contributed by atoms with Gasteiger partial charge in [0, 0.05) is 25.6 Å². The van der Waals surface area contributed by atoms with Crippen LogP contribution in [0.5, 0.6) is 5.88 Å². The topological polar surface area (TPSA) is 82.3 Å². The second-order valence-corrected chi connectivity index (χ2v) is 8.53. The summed E-state index contributed by atoms with van der Waals surface area (Å²) in [7, 11) is 0. The van der Waals surface area contributed by atoms with Crippen molar-refractivity contribution in [2.45, 2.75) is 58.1 Å². The smallest absolute Gasteiger partial charge is 0.226 e. The number of rotatable bonds is 5. The fourth-order valence-electron chi connectivity index (χ4n) is 4.28. The van der Waals surface area contributed by atoms with Crippen LogP contribution in [0.3, 0.4) is 0 Å². The number of nitrogens with one attached hydrogen (secondary N) is 1. The molecule has 7 nitrogen and oxygen atoms in total. The number of oxazole rings is 1. The van der Waals surface area contributed by atoms with Gasteiger partial charge in [-0.3, -0.25) is 0 Å². The lowest BCUT2D eigenvalue weighted by Crippen LogP contribution is -2.26. The van der Waals surface area contributed by atoms with Gasteiger partial charge in [-0.25, -0.2) is 9.97 Å². The second kappa shape index (κ2) is 8.22. The number of hydrogen-bond donors (Lipinski definition) is 1. The van der Waals surface area contributed by atoms with Crippen LogP contribution < -0.4 is 10.1 Å². The standard InChI is InChI=1S/C23H28N4O3/c1-14-3-6-17(7-4-14)26-23-24-12-19(22(27-23)30-18-9-10-28-13-18)16-5-8-21-20(11-16)25-15(2)29-21/h5,8,11-12,14,17-18H,3-4,6-7,9-10,13H2,1-2H3,(H,24,26,27). The Hall–Kier alpha value is -2.67. The molecule has 30 heavy (non-hydrogen) atoms. The Morgan fingerprint density at radius 2 is 1.97 bits per heavy atom. The first-order valence-corrected chi connectivity index (χ1v) is 10.9. The quantitative estimate of drug-likeness (QED) is 0.652. The number of fused-ring (bicyclic) bond motifs is 1.